The van der Waals surface area contributed by atoms with Crippen LogP contribution in [0.2, 0.25) is 0 Å². The molecule has 9 nitrogen and oxygen atoms in total. The Morgan fingerprint density at radius 3 is 2.58 bits per heavy atom. The maximum Gasteiger partial charge on any atom is 0.341 e. The lowest BCUT2D eigenvalue weighted by Crippen LogP contribution is -2.31. The summed E-state index contributed by atoms with van der Waals surface area (Å²) in [7, 11) is 1.59. The quantitative estimate of drug-likeness (QED) is 0.282. The summed E-state index contributed by atoms with van der Waals surface area (Å²) in [4.78, 5) is 47.4. The molecule has 1 amide bonds. The number of hydrogen-bond donors (Lipinski definition) is 0. The van der Waals surface area contributed by atoms with Crippen molar-refractivity contribution in [3.63, 3.8) is 0 Å². The molecule has 0 atom stereocenters. The molecule has 0 bridgehead atoms. The van der Waals surface area contributed by atoms with Gasteiger partial charge < -0.3 is 14.0 Å². The number of amides is 1. The molecule has 0 radical (unpaired) electrons. The van der Waals surface area contributed by atoms with E-state index in [1.807, 2.05) is 36.4 Å². The van der Waals surface area contributed by atoms with E-state index in [2.05, 4.69) is 9.98 Å². The van der Waals surface area contributed by atoms with Gasteiger partial charge in [-0.2, -0.15) is 4.99 Å². The van der Waals surface area contributed by atoms with Gasteiger partial charge in [0, 0.05) is 13.2 Å². The maximum absolute atomic E-state index is 13.1. The molecule has 5 aromatic rings. The molecule has 36 heavy (non-hydrogen) atoms. The zero-order valence-corrected chi connectivity index (χ0v) is 19.7. The van der Waals surface area contributed by atoms with Crippen molar-refractivity contribution < 1.29 is 19.1 Å². The van der Waals surface area contributed by atoms with E-state index in [9.17, 15) is 14.4 Å². The van der Waals surface area contributed by atoms with Crippen molar-refractivity contribution in [1.29, 1.82) is 0 Å². The zero-order valence-electron chi connectivity index (χ0n) is 19.7. The number of ether oxygens (including phenoxy) is 2. The van der Waals surface area contributed by atoms with Gasteiger partial charge in [-0.05, 0) is 48.0 Å². The summed E-state index contributed by atoms with van der Waals surface area (Å²) in [5, 5.41) is 2.23. The molecule has 180 valence electrons. The molecule has 9 heteroatoms. The SMILES string of the molecule is CCOC(=O)c1cc2c(=O)n3ccccc3nc2n(C)c1=NC(=O)COc1ccc2ccccc2c1. The summed E-state index contributed by atoms with van der Waals surface area (Å²) >= 11 is 0. The molecule has 0 spiro atoms. The van der Waals surface area contributed by atoms with Crippen LogP contribution in [0, 0.1) is 0 Å². The van der Waals surface area contributed by atoms with Crippen LogP contribution in [0.5, 0.6) is 5.75 Å². The van der Waals surface area contributed by atoms with Crippen LogP contribution in [0.25, 0.3) is 27.5 Å². The highest BCUT2D eigenvalue weighted by molar-refractivity contribution is 5.93. The van der Waals surface area contributed by atoms with Gasteiger partial charge in [-0.3, -0.25) is 14.0 Å². The summed E-state index contributed by atoms with van der Waals surface area (Å²) < 4.78 is 13.7. The van der Waals surface area contributed by atoms with Crippen molar-refractivity contribution >= 4 is 39.3 Å². The number of nitrogens with zero attached hydrogens (tertiary/aromatic N) is 4. The smallest absolute Gasteiger partial charge is 0.341 e. The van der Waals surface area contributed by atoms with Crippen molar-refractivity contribution in [3.05, 3.63) is 94.3 Å². The minimum Gasteiger partial charge on any atom is -0.484 e. The fourth-order valence-electron chi connectivity index (χ4n) is 4.01. The third kappa shape index (κ3) is 4.22. The van der Waals surface area contributed by atoms with Crippen molar-refractivity contribution in [2.45, 2.75) is 6.92 Å². The van der Waals surface area contributed by atoms with E-state index in [0.29, 0.717) is 11.4 Å². The highest BCUT2D eigenvalue weighted by Gasteiger charge is 2.18. The Labute approximate surface area is 204 Å². The third-order valence-electron chi connectivity index (χ3n) is 5.72. The van der Waals surface area contributed by atoms with Crippen molar-refractivity contribution in [2.24, 2.45) is 12.0 Å². The largest absolute Gasteiger partial charge is 0.484 e. The standard InChI is InChI=1S/C27H22N4O5/c1-3-35-27(34)21-15-20-24(28-22-10-6-7-13-31(22)26(20)33)30(2)25(21)29-23(32)16-36-19-12-11-17-8-4-5-9-18(17)14-19/h4-15H,3,16H2,1-2H3. The van der Waals surface area contributed by atoms with Crippen molar-refractivity contribution in [2.75, 3.05) is 13.2 Å². The Bertz CT molecular complexity index is 1790. The average Bonchev–Trinajstić information content (AvgIpc) is 2.89. The summed E-state index contributed by atoms with van der Waals surface area (Å²) in [6.07, 6.45) is 1.60. The normalized spacial score (nSPS) is 11.8. The van der Waals surface area contributed by atoms with Gasteiger partial charge in [0.25, 0.3) is 11.5 Å². The molecule has 0 aliphatic heterocycles. The number of aryl methyl sites for hydroxylation is 1. The Hall–Kier alpha value is -4.79. The van der Waals surface area contributed by atoms with Crippen molar-refractivity contribution in [3.8, 4) is 5.75 Å². The molecular weight excluding hydrogens is 460 g/mol. The van der Waals surface area contributed by atoms with Crippen LogP contribution < -0.4 is 15.8 Å². The van der Waals surface area contributed by atoms with Gasteiger partial charge in [0.15, 0.2) is 12.1 Å². The van der Waals surface area contributed by atoms with Crippen LogP contribution in [0.1, 0.15) is 17.3 Å². The molecule has 0 aliphatic carbocycles. The fraction of sp³-hybridized carbons (Fsp3) is 0.148. The van der Waals surface area contributed by atoms with Crippen LogP contribution in [-0.4, -0.2) is 39.0 Å². The van der Waals surface area contributed by atoms with Crippen LogP contribution in [0.15, 0.2) is 82.7 Å². The van der Waals surface area contributed by atoms with Gasteiger partial charge in [0.2, 0.25) is 0 Å². The number of benzene rings is 2. The molecule has 0 N–H and O–H groups in total. The second-order valence-electron chi connectivity index (χ2n) is 8.05. The molecule has 0 aliphatic rings. The van der Waals surface area contributed by atoms with Gasteiger partial charge in [-0.1, -0.05) is 36.4 Å². The molecule has 0 saturated heterocycles. The van der Waals surface area contributed by atoms with Crippen LogP contribution >= 0.6 is 0 Å². The number of hydrogen-bond acceptors (Lipinski definition) is 6. The van der Waals surface area contributed by atoms with Gasteiger partial charge in [0.1, 0.15) is 22.6 Å². The highest BCUT2D eigenvalue weighted by atomic mass is 16.5. The number of rotatable bonds is 5. The minimum atomic E-state index is -0.699. The molecule has 3 heterocycles. The van der Waals surface area contributed by atoms with Crippen LogP contribution in [-0.2, 0) is 16.6 Å². The number of carbonyl (C=O) groups is 2. The first-order chi connectivity index (χ1) is 17.5. The fourth-order valence-corrected chi connectivity index (χ4v) is 4.01. The minimum absolute atomic E-state index is 0.0133. The average molecular weight is 482 g/mol. The van der Waals surface area contributed by atoms with E-state index >= 15 is 0 Å². The molecule has 2 aromatic carbocycles. The van der Waals surface area contributed by atoms with E-state index in [1.54, 1.807) is 44.4 Å². The van der Waals surface area contributed by atoms with E-state index in [1.165, 1.54) is 15.0 Å². The highest BCUT2D eigenvalue weighted by Crippen LogP contribution is 2.20. The first kappa shape index (κ1) is 23.0. The van der Waals surface area contributed by atoms with Gasteiger partial charge in [-0.25, -0.2) is 9.78 Å². The zero-order chi connectivity index (χ0) is 25.2. The number of esters is 1. The molecule has 0 fully saturated rings. The number of carbonyl (C=O) groups excluding carboxylic acids is 2. The number of fused-ring (bicyclic) bond motifs is 3. The Kier molecular flexibility index (Phi) is 6.03. The lowest BCUT2D eigenvalue weighted by Gasteiger charge is -2.11. The molecular formula is C27H22N4O5. The summed E-state index contributed by atoms with van der Waals surface area (Å²) in [5.41, 5.74) is 0.364. The molecule has 0 saturated carbocycles. The summed E-state index contributed by atoms with van der Waals surface area (Å²) in [5.74, 6) is -0.789. The van der Waals surface area contributed by atoms with Gasteiger partial charge in [0.05, 0.1) is 12.0 Å². The Morgan fingerprint density at radius 1 is 1.00 bits per heavy atom. The van der Waals surface area contributed by atoms with Gasteiger partial charge >= 0.3 is 5.97 Å². The van der Waals surface area contributed by atoms with Crippen molar-refractivity contribution in [1.82, 2.24) is 14.0 Å². The first-order valence-corrected chi connectivity index (χ1v) is 11.3. The number of pyridine rings is 2. The summed E-state index contributed by atoms with van der Waals surface area (Å²) in [6, 6.07) is 19.9. The predicted octanol–water partition coefficient (Wildman–Crippen LogP) is 3.02. The van der Waals surface area contributed by atoms with Crippen LogP contribution in [0.4, 0.5) is 0 Å². The lowest BCUT2D eigenvalue weighted by atomic mass is 10.1. The van der Waals surface area contributed by atoms with E-state index in [4.69, 9.17) is 9.47 Å². The second kappa shape index (κ2) is 9.46. The second-order valence-corrected chi connectivity index (χ2v) is 8.05. The van der Waals surface area contributed by atoms with Gasteiger partial charge in [-0.15, -0.1) is 0 Å². The lowest BCUT2D eigenvalue weighted by molar-refractivity contribution is -0.120. The van der Waals surface area contributed by atoms with E-state index < -0.39 is 11.9 Å². The molecule has 5 rings (SSSR count). The molecule has 0 unspecified atom stereocenters. The topological polar surface area (TPSA) is 104 Å². The Balaban J connectivity index is 1.58. The number of aromatic nitrogens is 3. The predicted molar refractivity (Wildman–Crippen MR) is 134 cm³/mol. The van der Waals surface area contributed by atoms with Crippen LogP contribution in [0.3, 0.4) is 0 Å². The van der Waals surface area contributed by atoms with E-state index in [0.717, 1.165) is 10.8 Å². The monoisotopic (exact) mass is 482 g/mol. The van der Waals surface area contributed by atoms with E-state index in [-0.39, 0.29) is 40.9 Å². The third-order valence-corrected chi connectivity index (χ3v) is 5.72. The maximum atomic E-state index is 13.1. The summed E-state index contributed by atoms with van der Waals surface area (Å²) in [6.45, 7) is 1.45. The first-order valence-electron chi connectivity index (χ1n) is 11.3. The Morgan fingerprint density at radius 2 is 1.78 bits per heavy atom. The molecule has 3 aromatic heterocycles.